The number of sulfone groups is 1. The first-order chi connectivity index (χ1) is 10.9. The molecular weight excluding hydrogens is 314 g/mol. The lowest BCUT2D eigenvalue weighted by Crippen LogP contribution is -2.25. The van der Waals surface area contributed by atoms with Crippen LogP contribution in [-0.4, -0.2) is 36.2 Å². The normalized spacial score (nSPS) is 14.3. The van der Waals surface area contributed by atoms with E-state index in [1.54, 1.807) is 6.20 Å². The van der Waals surface area contributed by atoms with Crippen LogP contribution in [0.5, 0.6) is 0 Å². The maximum absolute atomic E-state index is 11.4. The molecule has 2 N–H and O–H groups in total. The molecule has 2 aromatic rings. The first-order valence-corrected chi connectivity index (χ1v) is 9.42. The number of pyridine rings is 1. The van der Waals surface area contributed by atoms with Gasteiger partial charge in [-0.15, -0.1) is 0 Å². The molecule has 122 valence electrons. The summed E-state index contributed by atoms with van der Waals surface area (Å²) in [5.41, 5.74) is 4.30. The fourth-order valence-electron chi connectivity index (χ4n) is 2.49. The van der Waals surface area contributed by atoms with E-state index in [9.17, 15) is 8.42 Å². The van der Waals surface area contributed by atoms with Gasteiger partial charge in [-0.05, 0) is 37.1 Å². The average Bonchev–Trinajstić information content (AvgIpc) is 2.49. The van der Waals surface area contributed by atoms with Crippen molar-refractivity contribution >= 4 is 21.5 Å². The van der Waals surface area contributed by atoms with Gasteiger partial charge in [0.25, 0.3) is 0 Å². The number of nitrogens with one attached hydrogen (secondary N) is 2. The molecule has 7 nitrogen and oxygen atoms in total. The van der Waals surface area contributed by atoms with E-state index in [1.165, 1.54) is 11.8 Å². The zero-order valence-electron chi connectivity index (χ0n) is 13.1. The largest absolute Gasteiger partial charge is 0.323 e. The Morgan fingerprint density at radius 2 is 2.13 bits per heavy atom. The van der Waals surface area contributed by atoms with Crippen molar-refractivity contribution in [1.29, 1.82) is 0 Å². The maximum atomic E-state index is 11.4. The molecule has 0 aromatic carbocycles. The number of hydrogen-bond acceptors (Lipinski definition) is 7. The van der Waals surface area contributed by atoms with Crippen LogP contribution >= 0.6 is 0 Å². The molecule has 0 atom stereocenters. The van der Waals surface area contributed by atoms with Gasteiger partial charge in [-0.2, -0.15) is 0 Å². The third-order valence-corrected chi connectivity index (χ3v) is 4.46. The molecule has 0 amide bonds. The smallest absolute Gasteiger partial charge is 0.227 e. The quantitative estimate of drug-likeness (QED) is 0.865. The summed E-state index contributed by atoms with van der Waals surface area (Å²) < 4.78 is 22.8. The van der Waals surface area contributed by atoms with Crippen molar-refractivity contribution < 1.29 is 8.42 Å². The fourth-order valence-corrected chi connectivity index (χ4v) is 3.29. The number of aromatic nitrogens is 3. The molecular formula is C15H19N5O2S. The van der Waals surface area contributed by atoms with Crippen molar-refractivity contribution in [1.82, 2.24) is 20.3 Å². The topological polar surface area (TPSA) is 96.9 Å². The summed E-state index contributed by atoms with van der Waals surface area (Å²) in [5, 5.41) is 6.41. The van der Waals surface area contributed by atoms with Gasteiger partial charge >= 0.3 is 0 Å². The number of fused-ring (bicyclic) bond motifs is 1. The third kappa shape index (κ3) is 4.02. The van der Waals surface area contributed by atoms with Crippen molar-refractivity contribution in [3.63, 3.8) is 0 Å². The Morgan fingerprint density at radius 1 is 1.30 bits per heavy atom. The van der Waals surface area contributed by atoms with Crippen LogP contribution in [0.2, 0.25) is 0 Å². The van der Waals surface area contributed by atoms with Crippen LogP contribution in [-0.2, 0) is 28.6 Å². The highest BCUT2D eigenvalue weighted by Crippen LogP contribution is 2.18. The van der Waals surface area contributed by atoms with Crippen molar-refractivity contribution in [2.24, 2.45) is 0 Å². The first kappa shape index (κ1) is 15.8. The third-order valence-electron chi connectivity index (χ3n) is 3.66. The summed E-state index contributed by atoms with van der Waals surface area (Å²) >= 11 is 0. The molecule has 1 aliphatic rings. The average molecular weight is 333 g/mol. The van der Waals surface area contributed by atoms with Gasteiger partial charge in [0.1, 0.15) is 0 Å². The van der Waals surface area contributed by atoms with Gasteiger partial charge < -0.3 is 10.6 Å². The molecule has 3 rings (SSSR count). The number of aryl methyl sites for hydroxylation is 1. The predicted molar refractivity (Wildman–Crippen MR) is 88.2 cm³/mol. The Kier molecular flexibility index (Phi) is 4.27. The minimum atomic E-state index is -3.10. The molecule has 2 aromatic heterocycles. The summed E-state index contributed by atoms with van der Waals surface area (Å²) in [7, 11) is -3.10. The molecule has 0 unspecified atom stereocenters. The molecule has 0 fully saturated rings. The lowest BCUT2D eigenvalue weighted by Gasteiger charge is -2.16. The molecule has 23 heavy (non-hydrogen) atoms. The maximum Gasteiger partial charge on any atom is 0.227 e. The van der Waals surface area contributed by atoms with E-state index in [-0.39, 0.29) is 5.75 Å². The highest BCUT2D eigenvalue weighted by atomic mass is 32.2. The SMILES string of the molecule is Cc1cc(Nc2ncc3c(n2)CNCC3)cnc1CS(C)(=O)=O. The Bertz CT molecular complexity index is 836. The van der Waals surface area contributed by atoms with Gasteiger partial charge in [-0.3, -0.25) is 4.98 Å². The highest BCUT2D eigenvalue weighted by molar-refractivity contribution is 7.89. The van der Waals surface area contributed by atoms with Gasteiger partial charge in [0.05, 0.1) is 29.0 Å². The lowest BCUT2D eigenvalue weighted by atomic mass is 10.1. The monoisotopic (exact) mass is 333 g/mol. The predicted octanol–water partition coefficient (Wildman–Crippen LogP) is 1.11. The summed E-state index contributed by atoms with van der Waals surface area (Å²) in [4.78, 5) is 13.1. The number of anilines is 2. The van der Waals surface area contributed by atoms with E-state index in [4.69, 9.17) is 0 Å². The zero-order valence-corrected chi connectivity index (χ0v) is 13.9. The van der Waals surface area contributed by atoms with Crippen LogP contribution in [0.15, 0.2) is 18.5 Å². The molecule has 0 bridgehead atoms. The Labute approximate surface area is 135 Å². The van der Waals surface area contributed by atoms with Crippen molar-refractivity contribution in [3.8, 4) is 0 Å². The van der Waals surface area contributed by atoms with Gasteiger partial charge in [-0.25, -0.2) is 18.4 Å². The van der Waals surface area contributed by atoms with Crippen LogP contribution in [0.25, 0.3) is 0 Å². The van der Waals surface area contributed by atoms with Crippen LogP contribution in [0, 0.1) is 6.92 Å². The van der Waals surface area contributed by atoms with E-state index in [2.05, 4.69) is 25.6 Å². The summed E-state index contributed by atoms with van der Waals surface area (Å²) in [5.74, 6) is 0.463. The summed E-state index contributed by atoms with van der Waals surface area (Å²) in [6.45, 7) is 3.54. The molecule has 1 aliphatic heterocycles. The summed E-state index contributed by atoms with van der Waals surface area (Å²) in [6.07, 6.45) is 5.60. The molecule has 0 spiro atoms. The second-order valence-electron chi connectivity index (χ2n) is 5.77. The molecule has 3 heterocycles. The second-order valence-corrected chi connectivity index (χ2v) is 7.92. The molecule has 0 radical (unpaired) electrons. The van der Waals surface area contributed by atoms with Crippen molar-refractivity contribution in [3.05, 3.63) is 41.0 Å². The number of rotatable bonds is 4. The Hall–Kier alpha value is -2.06. The molecule has 8 heteroatoms. The van der Waals surface area contributed by atoms with E-state index in [0.717, 1.165) is 36.5 Å². The first-order valence-electron chi connectivity index (χ1n) is 7.36. The minimum Gasteiger partial charge on any atom is -0.323 e. The van der Waals surface area contributed by atoms with E-state index < -0.39 is 9.84 Å². The second kappa shape index (κ2) is 6.21. The van der Waals surface area contributed by atoms with Crippen LogP contribution in [0.3, 0.4) is 0 Å². The minimum absolute atomic E-state index is 0.0554. The molecule has 0 aliphatic carbocycles. The van der Waals surface area contributed by atoms with Gasteiger partial charge in [0, 0.05) is 19.0 Å². The number of hydrogen-bond donors (Lipinski definition) is 2. The molecule has 0 saturated heterocycles. The van der Waals surface area contributed by atoms with Crippen molar-refractivity contribution in [2.75, 3.05) is 18.1 Å². The summed E-state index contributed by atoms with van der Waals surface area (Å²) in [6, 6.07) is 1.86. The fraction of sp³-hybridized carbons (Fsp3) is 0.400. The van der Waals surface area contributed by atoms with Crippen LogP contribution in [0.4, 0.5) is 11.6 Å². The Morgan fingerprint density at radius 3 is 2.87 bits per heavy atom. The van der Waals surface area contributed by atoms with Gasteiger partial charge in [0.15, 0.2) is 9.84 Å². The van der Waals surface area contributed by atoms with Crippen molar-refractivity contribution in [2.45, 2.75) is 25.6 Å². The molecule has 0 saturated carbocycles. The zero-order chi connectivity index (χ0) is 16.4. The Balaban J connectivity index is 1.79. The van der Waals surface area contributed by atoms with Crippen LogP contribution in [0.1, 0.15) is 22.5 Å². The van der Waals surface area contributed by atoms with Gasteiger partial charge in [-0.1, -0.05) is 0 Å². The highest BCUT2D eigenvalue weighted by Gasteiger charge is 2.13. The van der Waals surface area contributed by atoms with E-state index in [0.29, 0.717) is 11.6 Å². The van der Waals surface area contributed by atoms with E-state index in [1.807, 2.05) is 19.2 Å². The standard InChI is InChI=1S/C15H19N5O2S/c1-10-5-12(7-17-14(10)9-23(2,21)22)19-15-18-6-11-3-4-16-8-13(11)20-15/h5-7,16H,3-4,8-9H2,1-2H3,(H,18,19,20). The number of nitrogens with zero attached hydrogens (tertiary/aromatic N) is 3. The van der Waals surface area contributed by atoms with Crippen LogP contribution < -0.4 is 10.6 Å². The lowest BCUT2D eigenvalue weighted by molar-refractivity contribution is 0.600. The van der Waals surface area contributed by atoms with Gasteiger partial charge in [0.2, 0.25) is 5.95 Å². The van der Waals surface area contributed by atoms with E-state index >= 15 is 0 Å².